The number of hydrogen-bond donors (Lipinski definition) is 1. The largest absolute Gasteiger partial charge is 0.311 e. The number of rotatable bonds is 4. The van der Waals surface area contributed by atoms with Gasteiger partial charge in [0.15, 0.2) is 0 Å². The lowest BCUT2D eigenvalue weighted by molar-refractivity contribution is 0.339. The first-order valence-electron chi connectivity index (χ1n) is 4.69. The summed E-state index contributed by atoms with van der Waals surface area (Å²) in [6.07, 6.45) is 8.43. The molecule has 0 aromatic rings. The molecule has 0 radical (unpaired) electrons. The summed E-state index contributed by atoms with van der Waals surface area (Å²) in [5, 5.41) is 3.61. The zero-order valence-electron chi connectivity index (χ0n) is 7.53. The Kier molecular flexibility index (Phi) is 3.13. The molecule has 64 valence electrons. The van der Waals surface area contributed by atoms with Crippen molar-refractivity contribution in [1.29, 1.82) is 0 Å². The van der Waals surface area contributed by atoms with E-state index in [1.807, 2.05) is 6.08 Å². The van der Waals surface area contributed by atoms with E-state index in [1.165, 1.54) is 32.2 Å². The van der Waals surface area contributed by atoms with Crippen molar-refractivity contribution in [2.45, 2.75) is 44.6 Å². The third-order valence-corrected chi connectivity index (χ3v) is 2.84. The van der Waals surface area contributed by atoms with Gasteiger partial charge >= 0.3 is 0 Å². The topological polar surface area (TPSA) is 12.0 Å². The van der Waals surface area contributed by atoms with E-state index in [2.05, 4.69) is 18.8 Å². The van der Waals surface area contributed by atoms with Crippen LogP contribution < -0.4 is 5.32 Å². The van der Waals surface area contributed by atoms with Gasteiger partial charge in [-0.15, -0.1) is 6.58 Å². The predicted molar refractivity (Wildman–Crippen MR) is 49.7 cm³/mol. The van der Waals surface area contributed by atoms with E-state index in [0.717, 1.165) is 6.42 Å². The van der Waals surface area contributed by atoms with E-state index < -0.39 is 0 Å². The Hall–Kier alpha value is -0.300. The van der Waals surface area contributed by atoms with Gasteiger partial charge in [-0.05, 0) is 38.6 Å². The Morgan fingerprint density at radius 2 is 2.45 bits per heavy atom. The second-order valence-corrected chi connectivity index (χ2v) is 3.49. The Bertz CT molecular complexity index is 123. The first kappa shape index (κ1) is 8.79. The average Bonchev–Trinajstić information content (AvgIpc) is 2.50. The summed E-state index contributed by atoms with van der Waals surface area (Å²) < 4.78 is 0. The zero-order chi connectivity index (χ0) is 8.16. The highest BCUT2D eigenvalue weighted by Crippen LogP contribution is 2.27. The van der Waals surface area contributed by atoms with E-state index in [1.54, 1.807) is 0 Å². The summed E-state index contributed by atoms with van der Waals surface area (Å²) in [6.45, 7) is 7.25. The van der Waals surface area contributed by atoms with E-state index in [4.69, 9.17) is 0 Å². The molecule has 1 unspecified atom stereocenters. The van der Waals surface area contributed by atoms with Crippen LogP contribution in [0.1, 0.15) is 39.0 Å². The van der Waals surface area contributed by atoms with Gasteiger partial charge in [-0.25, -0.2) is 0 Å². The van der Waals surface area contributed by atoms with Gasteiger partial charge in [-0.2, -0.15) is 0 Å². The Morgan fingerprint density at radius 1 is 1.64 bits per heavy atom. The average molecular weight is 153 g/mol. The molecule has 1 fully saturated rings. The van der Waals surface area contributed by atoms with Crippen LogP contribution in [0.5, 0.6) is 0 Å². The predicted octanol–water partition coefficient (Wildman–Crippen LogP) is 2.48. The van der Waals surface area contributed by atoms with Crippen LogP contribution in [0.15, 0.2) is 12.7 Å². The summed E-state index contributed by atoms with van der Waals surface area (Å²) in [5.41, 5.74) is 0.466. The molecule has 1 heterocycles. The third kappa shape index (κ3) is 2.06. The lowest BCUT2D eigenvalue weighted by Gasteiger charge is -2.27. The normalized spacial score (nSPS) is 30.6. The molecule has 1 heteroatoms. The molecule has 11 heavy (non-hydrogen) atoms. The van der Waals surface area contributed by atoms with Gasteiger partial charge in [0.05, 0.1) is 0 Å². The molecule has 1 aliphatic heterocycles. The van der Waals surface area contributed by atoms with Crippen LogP contribution >= 0.6 is 0 Å². The Morgan fingerprint density at radius 3 is 2.91 bits per heavy atom. The molecule has 0 aliphatic carbocycles. The molecule has 0 aromatic carbocycles. The molecule has 0 bridgehead atoms. The molecule has 0 saturated carbocycles. The fraction of sp³-hybridized carbons (Fsp3) is 0.800. The molecule has 0 spiro atoms. The van der Waals surface area contributed by atoms with Crippen molar-refractivity contribution < 1.29 is 0 Å². The summed E-state index contributed by atoms with van der Waals surface area (Å²) in [4.78, 5) is 0. The summed E-state index contributed by atoms with van der Waals surface area (Å²) in [5.74, 6) is 0. The minimum absolute atomic E-state index is 0.466. The standard InChI is InChI=1S/C10H19N/c1-3-5-7-10(4-2)8-6-9-11-10/h3,11H,1,4-9H2,2H3. The quantitative estimate of drug-likeness (QED) is 0.612. The van der Waals surface area contributed by atoms with Gasteiger partial charge < -0.3 is 5.32 Å². The maximum absolute atomic E-state index is 3.76. The van der Waals surface area contributed by atoms with Gasteiger partial charge in [-0.3, -0.25) is 0 Å². The number of hydrogen-bond acceptors (Lipinski definition) is 1. The van der Waals surface area contributed by atoms with Crippen molar-refractivity contribution in [3.8, 4) is 0 Å². The van der Waals surface area contributed by atoms with Crippen LogP contribution in [0, 0.1) is 0 Å². The molecule has 0 aromatic heterocycles. The van der Waals surface area contributed by atoms with Crippen molar-refractivity contribution in [2.75, 3.05) is 6.54 Å². The van der Waals surface area contributed by atoms with Crippen LogP contribution in [0.2, 0.25) is 0 Å². The van der Waals surface area contributed by atoms with E-state index in [0.29, 0.717) is 5.54 Å². The van der Waals surface area contributed by atoms with Crippen LogP contribution in [0.3, 0.4) is 0 Å². The fourth-order valence-corrected chi connectivity index (χ4v) is 1.94. The number of nitrogens with one attached hydrogen (secondary N) is 1. The van der Waals surface area contributed by atoms with E-state index in [9.17, 15) is 0 Å². The summed E-state index contributed by atoms with van der Waals surface area (Å²) in [6, 6.07) is 0. The molecular formula is C10H19N. The maximum Gasteiger partial charge on any atom is 0.0182 e. The van der Waals surface area contributed by atoms with Gasteiger partial charge in [0.2, 0.25) is 0 Å². The molecule has 0 amide bonds. The summed E-state index contributed by atoms with van der Waals surface area (Å²) >= 11 is 0. The number of allylic oxidation sites excluding steroid dienone is 1. The SMILES string of the molecule is C=CCCC1(CC)CCCN1. The molecule has 1 rings (SSSR count). The van der Waals surface area contributed by atoms with E-state index in [-0.39, 0.29) is 0 Å². The van der Waals surface area contributed by atoms with Gasteiger partial charge in [0.1, 0.15) is 0 Å². The van der Waals surface area contributed by atoms with Crippen molar-refractivity contribution >= 4 is 0 Å². The van der Waals surface area contributed by atoms with Crippen molar-refractivity contribution in [1.82, 2.24) is 5.32 Å². The molecule has 1 saturated heterocycles. The van der Waals surface area contributed by atoms with Crippen LogP contribution in [0.4, 0.5) is 0 Å². The Labute approximate surface area is 69.9 Å². The second kappa shape index (κ2) is 3.91. The van der Waals surface area contributed by atoms with Crippen LogP contribution in [0.25, 0.3) is 0 Å². The van der Waals surface area contributed by atoms with Crippen molar-refractivity contribution in [2.24, 2.45) is 0 Å². The minimum atomic E-state index is 0.466. The van der Waals surface area contributed by atoms with E-state index >= 15 is 0 Å². The lowest BCUT2D eigenvalue weighted by atomic mass is 9.89. The Balaban J connectivity index is 2.38. The minimum Gasteiger partial charge on any atom is -0.311 e. The fourth-order valence-electron chi connectivity index (χ4n) is 1.94. The van der Waals surface area contributed by atoms with Gasteiger partial charge in [-0.1, -0.05) is 13.0 Å². The molecule has 1 aliphatic rings. The third-order valence-electron chi connectivity index (χ3n) is 2.84. The van der Waals surface area contributed by atoms with Crippen molar-refractivity contribution in [3.05, 3.63) is 12.7 Å². The second-order valence-electron chi connectivity index (χ2n) is 3.49. The smallest absolute Gasteiger partial charge is 0.0182 e. The first-order valence-corrected chi connectivity index (χ1v) is 4.69. The molecule has 1 atom stereocenters. The highest BCUT2D eigenvalue weighted by molar-refractivity contribution is 4.93. The van der Waals surface area contributed by atoms with Gasteiger partial charge in [0, 0.05) is 5.54 Å². The molecular weight excluding hydrogens is 134 g/mol. The maximum atomic E-state index is 3.76. The summed E-state index contributed by atoms with van der Waals surface area (Å²) in [7, 11) is 0. The monoisotopic (exact) mass is 153 g/mol. The van der Waals surface area contributed by atoms with Gasteiger partial charge in [0.25, 0.3) is 0 Å². The highest BCUT2D eigenvalue weighted by Gasteiger charge is 2.29. The molecule has 1 nitrogen and oxygen atoms in total. The lowest BCUT2D eigenvalue weighted by Crippen LogP contribution is -2.38. The van der Waals surface area contributed by atoms with Crippen molar-refractivity contribution in [3.63, 3.8) is 0 Å². The van der Waals surface area contributed by atoms with Crippen LogP contribution in [-0.4, -0.2) is 12.1 Å². The van der Waals surface area contributed by atoms with Crippen LogP contribution in [-0.2, 0) is 0 Å². The first-order chi connectivity index (χ1) is 5.33. The highest BCUT2D eigenvalue weighted by atomic mass is 15.0. The molecule has 1 N–H and O–H groups in total. The zero-order valence-corrected chi connectivity index (χ0v) is 7.53.